The van der Waals surface area contributed by atoms with Gasteiger partial charge in [-0.05, 0) is 62.4 Å². The smallest absolute Gasteiger partial charge is 0.310 e. The van der Waals surface area contributed by atoms with Crippen molar-refractivity contribution in [1.82, 2.24) is 0 Å². The molecule has 0 saturated heterocycles. The highest BCUT2D eigenvalue weighted by atomic mass is 16.4. The van der Waals surface area contributed by atoms with Crippen LogP contribution in [0.1, 0.15) is 51.9 Å². The quantitative estimate of drug-likeness (QED) is 0.553. The minimum Gasteiger partial charge on any atom is -0.481 e. The van der Waals surface area contributed by atoms with Crippen LogP contribution in [0.4, 0.5) is 0 Å². The molecule has 0 amide bonds. The normalized spacial score (nSPS) is 50.7. The Hall–Kier alpha value is -1.89. The van der Waals surface area contributed by atoms with Gasteiger partial charge in [-0.2, -0.15) is 0 Å². The summed E-state index contributed by atoms with van der Waals surface area (Å²) in [6.07, 6.45) is 2.11. The maximum Gasteiger partial charge on any atom is 0.310 e. The lowest BCUT2D eigenvalue weighted by Crippen LogP contribution is -2.58. The van der Waals surface area contributed by atoms with E-state index in [1.807, 2.05) is 0 Å². The number of hydrogen-bond acceptors (Lipinski definition) is 4. The van der Waals surface area contributed by atoms with E-state index in [0.717, 1.165) is 0 Å². The lowest BCUT2D eigenvalue weighted by Gasteiger charge is -2.58. The monoisotopic (exact) mass is 378 g/mol. The third-order valence-electron chi connectivity index (χ3n) is 8.70. The molecule has 7 nitrogen and oxygen atoms in total. The van der Waals surface area contributed by atoms with Crippen molar-refractivity contribution in [2.24, 2.45) is 34.0 Å². The molecule has 5 fully saturated rings. The molecule has 0 aromatic rings. The molecule has 5 aliphatic carbocycles. The Bertz CT molecular complexity index is 774. The highest BCUT2D eigenvalue weighted by molar-refractivity contribution is 5.86. The predicted molar refractivity (Wildman–Crippen MR) is 92.8 cm³/mol. The lowest BCUT2D eigenvalue weighted by molar-refractivity contribution is -0.179. The zero-order valence-corrected chi connectivity index (χ0v) is 15.4. The summed E-state index contributed by atoms with van der Waals surface area (Å²) < 4.78 is 0. The first-order valence-electron chi connectivity index (χ1n) is 9.56. The number of carboxylic acid groups (broad SMARTS) is 3. The van der Waals surface area contributed by atoms with Crippen molar-refractivity contribution in [3.05, 3.63) is 12.2 Å². The first kappa shape index (κ1) is 18.5. The Balaban J connectivity index is 2.01. The van der Waals surface area contributed by atoms with Crippen LogP contribution in [0.25, 0.3) is 0 Å². The zero-order chi connectivity index (χ0) is 20.0. The van der Waals surface area contributed by atoms with Gasteiger partial charge in [0, 0.05) is 5.92 Å². The van der Waals surface area contributed by atoms with Gasteiger partial charge in [0.25, 0.3) is 0 Å². The van der Waals surface area contributed by atoms with Crippen molar-refractivity contribution in [3.8, 4) is 0 Å². The van der Waals surface area contributed by atoms with Crippen molar-refractivity contribution < 1.29 is 34.8 Å². The molecule has 0 aromatic carbocycles. The first-order valence-corrected chi connectivity index (χ1v) is 9.56. The molecular weight excluding hydrogens is 352 g/mol. The predicted octanol–water partition coefficient (Wildman–Crippen LogP) is 2.14. The van der Waals surface area contributed by atoms with Crippen LogP contribution >= 0.6 is 0 Å². The van der Waals surface area contributed by atoms with Crippen molar-refractivity contribution in [2.45, 2.75) is 57.5 Å². The van der Waals surface area contributed by atoms with Gasteiger partial charge < -0.3 is 20.4 Å². The Kier molecular flexibility index (Phi) is 3.51. The van der Waals surface area contributed by atoms with Crippen molar-refractivity contribution in [2.75, 3.05) is 0 Å². The molecule has 4 N–H and O–H groups in total. The van der Waals surface area contributed by atoms with Crippen LogP contribution in [0.2, 0.25) is 0 Å². The second-order valence-electron chi connectivity index (χ2n) is 9.52. The fraction of sp³-hybridized carbons (Fsp3) is 0.750. The highest BCUT2D eigenvalue weighted by Crippen LogP contribution is 2.78. The summed E-state index contributed by atoms with van der Waals surface area (Å²) in [7, 11) is 0. The summed E-state index contributed by atoms with van der Waals surface area (Å²) in [4.78, 5) is 37.4. The van der Waals surface area contributed by atoms with Crippen LogP contribution in [0, 0.1) is 34.0 Å². The van der Waals surface area contributed by atoms with E-state index in [0.29, 0.717) is 24.8 Å². The van der Waals surface area contributed by atoms with E-state index in [4.69, 9.17) is 0 Å². The number of carbonyl (C=O) groups is 3. The third-order valence-corrected chi connectivity index (χ3v) is 8.70. The molecule has 0 aliphatic heterocycles. The molecular formula is C20H26O7. The Morgan fingerprint density at radius 1 is 1.04 bits per heavy atom. The summed E-state index contributed by atoms with van der Waals surface area (Å²) in [6, 6.07) is 0. The molecule has 5 saturated carbocycles. The summed E-state index contributed by atoms with van der Waals surface area (Å²) in [5, 5.41) is 41.5. The van der Waals surface area contributed by atoms with Gasteiger partial charge in [-0.25, -0.2) is 0 Å². The molecule has 0 radical (unpaired) electrons. The minimum absolute atomic E-state index is 0.161. The van der Waals surface area contributed by atoms with Crippen LogP contribution in [0.5, 0.6) is 0 Å². The fourth-order valence-electron chi connectivity index (χ4n) is 7.56. The summed E-state index contributed by atoms with van der Waals surface area (Å²) in [5.41, 5.74) is -4.33. The van der Waals surface area contributed by atoms with Crippen LogP contribution in [0.15, 0.2) is 12.2 Å². The average Bonchev–Trinajstić information content (AvgIpc) is 2.83. The molecule has 7 heteroatoms. The Morgan fingerprint density at radius 3 is 2.22 bits per heavy atom. The average molecular weight is 378 g/mol. The molecule has 5 aliphatic rings. The van der Waals surface area contributed by atoms with Crippen molar-refractivity contribution in [1.29, 1.82) is 0 Å². The number of rotatable bonds is 3. The van der Waals surface area contributed by atoms with Gasteiger partial charge >= 0.3 is 17.9 Å². The molecule has 27 heavy (non-hydrogen) atoms. The van der Waals surface area contributed by atoms with E-state index in [9.17, 15) is 34.8 Å². The van der Waals surface area contributed by atoms with Gasteiger partial charge in [-0.1, -0.05) is 13.0 Å². The van der Waals surface area contributed by atoms with Gasteiger partial charge in [-0.15, -0.1) is 0 Å². The van der Waals surface area contributed by atoms with Crippen molar-refractivity contribution in [3.63, 3.8) is 0 Å². The van der Waals surface area contributed by atoms with Crippen LogP contribution in [0.3, 0.4) is 0 Å². The Morgan fingerprint density at radius 2 is 1.70 bits per heavy atom. The largest absolute Gasteiger partial charge is 0.481 e. The van der Waals surface area contributed by atoms with Gasteiger partial charge in [0.15, 0.2) is 0 Å². The van der Waals surface area contributed by atoms with E-state index >= 15 is 0 Å². The number of carboxylic acids is 3. The summed E-state index contributed by atoms with van der Waals surface area (Å²) in [5.74, 6) is -6.01. The van der Waals surface area contributed by atoms with E-state index in [1.165, 1.54) is 6.92 Å². The number of fused-ring (bicyclic) bond motifs is 3. The Labute approximate surface area is 157 Å². The third kappa shape index (κ3) is 1.88. The van der Waals surface area contributed by atoms with Gasteiger partial charge in [0.2, 0.25) is 0 Å². The zero-order valence-electron chi connectivity index (χ0n) is 15.4. The molecule has 0 heterocycles. The summed E-state index contributed by atoms with van der Waals surface area (Å²) in [6.45, 7) is 5.48. The molecule has 7 atom stereocenters. The van der Waals surface area contributed by atoms with Crippen LogP contribution in [-0.4, -0.2) is 43.9 Å². The molecule has 7 unspecified atom stereocenters. The number of aliphatic carboxylic acids is 3. The number of aliphatic hydroxyl groups is 1. The molecule has 0 aromatic heterocycles. The second-order valence-corrected chi connectivity index (χ2v) is 9.52. The lowest BCUT2D eigenvalue weighted by atomic mass is 9.47. The number of hydrogen-bond donors (Lipinski definition) is 4. The summed E-state index contributed by atoms with van der Waals surface area (Å²) >= 11 is 0. The van der Waals surface area contributed by atoms with Crippen LogP contribution < -0.4 is 0 Å². The topological polar surface area (TPSA) is 132 Å². The molecule has 1 spiro atoms. The van der Waals surface area contributed by atoms with E-state index in [-0.39, 0.29) is 25.7 Å². The van der Waals surface area contributed by atoms with E-state index < -0.39 is 57.5 Å². The highest BCUT2D eigenvalue weighted by Gasteiger charge is 2.80. The molecule has 2 bridgehead atoms. The van der Waals surface area contributed by atoms with Gasteiger partial charge in [0.1, 0.15) is 0 Å². The SMILES string of the molecule is C=C1CC23CCC1(O)CC2C1(C(=O)O)CCCC(C)(C(=O)O)C1C3C(=O)O. The van der Waals surface area contributed by atoms with Crippen LogP contribution in [-0.2, 0) is 14.4 Å². The van der Waals surface area contributed by atoms with E-state index in [2.05, 4.69) is 6.58 Å². The first-order chi connectivity index (χ1) is 12.5. The van der Waals surface area contributed by atoms with Crippen molar-refractivity contribution >= 4 is 17.9 Å². The molecule has 5 rings (SSSR count). The standard InChI is InChI=1S/C20H26O7/c1-10-8-18-6-7-19(10,27)9-11(18)20(16(25)26)5-3-4-17(2,15(23)24)13(20)12(18)14(21)22/h11-13,27H,1,3-9H2,2H3,(H,21,22)(H,23,24)(H,25,26). The fourth-order valence-corrected chi connectivity index (χ4v) is 7.56. The van der Waals surface area contributed by atoms with Gasteiger partial charge in [0.05, 0.1) is 22.3 Å². The molecule has 148 valence electrons. The van der Waals surface area contributed by atoms with Gasteiger partial charge in [-0.3, -0.25) is 14.4 Å². The second kappa shape index (κ2) is 5.13. The minimum atomic E-state index is -1.44. The maximum absolute atomic E-state index is 12.7. The maximum atomic E-state index is 12.7. The van der Waals surface area contributed by atoms with E-state index in [1.54, 1.807) is 0 Å².